The van der Waals surface area contributed by atoms with E-state index in [-0.39, 0.29) is 0 Å². The SMILES string of the molecule is Cc1ccc(C)c(C(O)c2ccccc2C)c1. The fourth-order valence-corrected chi connectivity index (χ4v) is 2.12. The van der Waals surface area contributed by atoms with E-state index in [0.717, 1.165) is 22.3 Å². The lowest BCUT2D eigenvalue weighted by molar-refractivity contribution is 0.218. The molecule has 1 N–H and O–H groups in total. The molecule has 2 aromatic carbocycles. The van der Waals surface area contributed by atoms with Crippen molar-refractivity contribution in [3.05, 3.63) is 70.3 Å². The van der Waals surface area contributed by atoms with Gasteiger partial charge in [0.2, 0.25) is 0 Å². The molecular formula is C16H18O. The number of hydrogen-bond acceptors (Lipinski definition) is 1. The van der Waals surface area contributed by atoms with Gasteiger partial charge in [-0.25, -0.2) is 0 Å². The number of hydrogen-bond donors (Lipinski definition) is 1. The summed E-state index contributed by atoms with van der Waals surface area (Å²) in [6.45, 7) is 6.12. The second-order valence-electron chi connectivity index (χ2n) is 4.62. The standard InChI is InChI=1S/C16H18O/c1-11-8-9-13(3)15(10-11)16(17)14-7-5-4-6-12(14)2/h4-10,16-17H,1-3H3. The number of benzene rings is 2. The maximum atomic E-state index is 10.5. The summed E-state index contributed by atoms with van der Waals surface area (Å²) in [5.41, 5.74) is 5.42. The first-order chi connectivity index (χ1) is 8.09. The molecule has 0 aromatic heterocycles. The predicted molar refractivity (Wildman–Crippen MR) is 71.2 cm³/mol. The van der Waals surface area contributed by atoms with Crippen molar-refractivity contribution < 1.29 is 5.11 Å². The van der Waals surface area contributed by atoms with E-state index in [1.165, 1.54) is 5.56 Å². The van der Waals surface area contributed by atoms with Crippen molar-refractivity contribution in [2.45, 2.75) is 26.9 Å². The summed E-state index contributed by atoms with van der Waals surface area (Å²) in [5, 5.41) is 10.5. The minimum Gasteiger partial charge on any atom is -0.384 e. The van der Waals surface area contributed by atoms with Gasteiger partial charge < -0.3 is 5.11 Å². The summed E-state index contributed by atoms with van der Waals surface area (Å²) in [7, 11) is 0. The highest BCUT2D eigenvalue weighted by atomic mass is 16.3. The topological polar surface area (TPSA) is 20.2 Å². The van der Waals surface area contributed by atoms with E-state index in [2.05, 4.69) is 18.2 Å². The summed E-state index contributed by atoms with van der Waals surface area (Å²) in [4.78, 5) is 0. The van der Waals surface area contributed by atoms with Gasteiger partial charge in [-0.1, -0.05) is 48.0 Å². The molecule has 0 amide bonds. The Bertz CT molecular complexity index is 529. The largest absolute Gasteiger partial charge is 0.384 e. The zero-order chi connectivity index (χ0) is 12.4. The van der Waals surface area contributed by atoms with Crippen LogP contribution >= 0.6 is 0 Å². The Kier molecular flexibility index (Phi) is 3.30. The molecule has 1 atom stereocenters. The van der Waals surface area contributed by atoms with Gasteiger partial charge in [0.1, 0.15) is 6.10 Å². The molecule has 0 aliphatic rings. The Balaban J connectivity index is 2.47. The van der Waals surface area contributed by atoms with E-state index in [1.54, 1.807) is 0 Å². The Morgan fingerprint density at radius 1 is 0.824 bits per heavy atom. The average Bonchev–Trinajstić information content (AvgIpc) is 2.32. The normalized spacial score (nSPS) is 12.5. The van der Waals surface area contributed by atoms with Crippen molar-refractivity contribution >= 4 is 0 Å². The first-order valence-electron chi connectivity index (χ1n) is 5.90. The minimum absolute atomic E-state index is 0.531. The maximum Gasteiger partial charge on any atom is 0.105 e. The summed E-state index contributed by atoms with van der Waals surface area (Å²) >= 11 is 0. The molecule has 0 saturated carbocycles. The van der Waals surface area contributed by atoms with Crippen molar-refractivity contribution in [2.75, 3.05) is 0 Å². The lowest BCUT2D eigenvalue weighted by atomic mass is 9.93. The van der Waals surface area contributed by atoms with E-state index < -0.39 is 6.10 Å². The highest BCUT2D eigenvalue weighted by Gasteiger charge is 2.14. The van der Waals surface area contributed by atoms with Crippen molar-refractivity contribution in [3.63, 3.8) is 0 Å². The quantitative estimate of drug-likeness (QED) is 0.828. The Labute approximate surface area is 103 Å². The number of aliphatic hydroxyl groups excluding tert-OH is 1. The van der Waals surface area contributed by atoms with Gasteiger partial charge in [0, 0.05) is 0 Å². The van der Waals surface area contributed by atoms with Crippen LogP contribution in [0.2, 0.25) is 0 Å². The molecule has 0 fully saturated rings. The van der Waals surface area contributed by atoms with Gasteiger partial charge in [-0.05, 0) is 43.0 Å². The third-order valence-corrected chi connectivity index (χ3v) is 3.21. The van der Waals surface area contributed by atoms with Gasteiger partial charge in [0.25, 0.3) is 0 Å². The fraction of sp³-hybridized carbons (Fsp3) is 0.250. The third-order valence-electron chi connectivity index (χ3n) is 3.21. The van der Waals surface area contributed by atoms with Gasteiger partial charge in [-0.3, -0.25) is 0 Å². The highest BCUT2D eigenvalue weighted by Crippen LogP contribution is 2.27. The average molecular weight is 226 g/mol. The summed E-state index contributed by atoms with van der Waals surface area (Å²) < 4.78 is 0. The number of aryl methyl sites for hydroxylation is 3. The van der Waals surface area contributed by atoms with Crippen LogP contribution in [0.4, 0.5) is 0 Å². The molecular weight excluding hydrogens is 208 g/mol. The monoisotopic (exact) mass is 226 g/mol. The smallest absolute Gasteiger partial charge is 0.105 e. The zero-order valence-electron chi connectivity index (χ0n) is 10.6. The molecule has 1 heteroatoms. The molecule has 1 unspecified atom stereocenters. The first-order valence-corrected chi connectivity index (χ1v) is 5.90. The molecule has 2 aromatic rings. The van der Waals surface area contributed by atoms with Crippen LogP contribution in [0, 0.1) is 20.8 Å². The Morgan fingerprint density at radius 3 is 2.18 bits per heavy atom. The van der Waals surface area contributed by atoms with Crippen molar-refractivity contribution in [2.24, 2.45) is 0 Å². The highest BCUT2D eigenvalue weighted by molar-refractivity contribution is 5.40. The summed E-state index contributed by atoms with van der Waals surface area (Å²) in [5.74, 6) is 0. The fourth-order valence-electron chi connectivity index (χ4n) is 2.12. The minimum atomic E-state index is -0.531. The van der Waals surface area contributed by atoms with Crippen LogP contribution in [-0.4, -0.2) is 5.11 Å². The van der Waals surface area contributed by atoms with Crippen LogP contribution in [0.3, 0.4) is 0 Å². The van der Waals surface area contributed by atoms with Crippen LogP contribution in [0.5, 0.6) is 0 Å². The van der Waals surface area contributed by atoms with Crippen molar-refractivity contribution in [3.8, 4) is 0 Å². The Morgan fingerprint density at radius 2 is 1.47 bits per heavy atom. The van der Waals surface area contributed by atoms with Gasteiger partial charge in [-0.2, -0.15) is 0 Å². The number of aliphatic hydroxyl groups is 1. The van der Waals surface area contributed by atoms with E-state index in [4.69, 9.17) is 0 Å². The molecule has 0 spiro atoms. The maximum absolute atomic E-state index is 10.5. The van der Waals surface area contributed by atoms with Crippen LogP contribution < -0.4 is 0 Å². The van der Waals surface area contributed by atoms with Gasteiger partial charge >= 0.3 is 0 Å². The zero-order valence-corrected chi connectivity index (χ0v) is 10.6. The lowest BCUT2D eigenvalue weighted by Gasteiger charge is -2.17. The Hall–Kier alpha value is -1.60. The molecule has 1 nitrogen and oxygen atoms in total. The molecule has 0 heterocycles. The summed E-state index contributed by atoms with van der Waals surface area (Å²) in [6, 6.07) is 14.2. The third kappa shape index (κ3) is 2.40. The predicted octanol–water partition coefficient (Wildman–Crippen LogP) is 3.69. The molecule has 88 valence electrons. The van der Waals surface area contributed by atoms with Crippen LogP contribution in [0.15, 0.2) is 42.5 Å². The van der Waals surface area contributed by atoms with Crippen molar-refractivity contribution in [1.82, 2.24) is 0 Å². The molecule has 0 bridgehead atoms. The van der Waals surface area contributed by atoms with Crippen molar-refractivity contribution in [1.29, 1.82) is 0 Å². The molecule has 0 aliphatic heterocycles. The van der Waals surface area contributed by atoms with Gasteiger partial charge in [0.05, 0.1) is 0 Å². The number of rotatable bonds is 2. The molecule has 2 rings (SSSR count). The molecule has 0 aliphatic carbocycles. The summed E-state index contributed by atoms with van der Waals surface area (Å²) in [6.07, 6.45) is -0.531. The van der Waals surface area contributed by atoms with E-state index >= 15 is 0 Å². The van der Waals surface area contributed by atoms with Crippen LogP contribution in [0.1, 0.15) is 33.9 Å². The van der Waals surface area contributed by atoms with E-state index in [0.29, 0.717) is 0 Å². The molecule has 17 heavy (non-hydrogen) atoms. The van der Waals surface area contributed by atoms with Crippen LogP contribution in [-0.2, 0) is 0 Å². The van der Waals surface area contributed by atoms with Crippen LogP contribution in [0.25, 0.3) is 0 Å². The van der Waals surface area contributed by atoms with E-state index in [1.807, 2.05) is 45.0 Å². The molecule has 0 radical (unpaired) electrons. The second-order valence-corrected chi connectivity index (χ2v) is 4.62. The van der Waals surface area contributed by atoms with Gasteiger partial charge in [0.15, 0.2) is 0 Å². The second kappa shape index (κ2) is 4.72. The van der Waals surface area contributed by atoms with E-state index in [9.17, 15) is 5.11 Å². The van der Waals surface area contributed by atoms with Gasteiger partial charge in [-0.15, -0.1) is 0 Å². The lowest BCUT2D eigenvalue weighted by Crippen LogP contribution is -2.04. The first kappa shape index (κ1) is 11.9. The molecule has 0 saturated heterocycles.